The molecule has 0 bridgehead atoms. The predicted octanol–water partition coefficient (Wildman–Crippen LogP) is 2.88. The van der Waals surface area contributed by atoms with Gasteiger partial charge in [0.15, 0.2) is 5.76 Å². The van der Waals surface area contributed by atoms with Gasteiger partial charge in [-0.05, 0) is 49.2 Å². The summed E-state index contributed by atoms with van der Waals surface area (Å²) in [5, 5.41) is 3.03. The molecule has 2 amide bonds. The number of piperidine rings is 1. The van der Waals surface area contributed by atoms with E-state index >= 15 is 0 Å². The third-order valence-electron chi connectivity index (χ3n) is 4.33. The summed E-state index contributed by atoms with van der Waals surface area (Å²) in [6, 6.07) is 10.4. The first-order valence-electron chi connectivity index (χ1n) is 8.65. The molecule has 2 aromatic rings. The fourth-order valence-electron chi connectivity index (χ4n) is 2.91. The van der Waals surface area contributed by atoms with Gasteiger partial charge in [-0.25, -0.2) is 0 Å². The molecule has 0 unspecified atom stereocenters. The lowest BCUT2D eigenvalue weighted by Gasteiger charge is -2.31. The van der Waals surface area contributed by atoms with Crippen LogP contribution in [0.2, 0.25) is 0 Å². The van der Waals surface area contributed by atoms with Gasteiger partial charge < -0.3 is 19.4 Å². The molecule has 136 valence electrons. The largest absolute Gasteiger partial charge is 0.490 e. The van der Waals surface area contributed by atoms with Crippen LogP contribution in [0.3, 0.4) is 0 Å². The number of rotatable bonds is 6. The van der Waals surface area contributed by atoms with Crippen molar-refractivity contribution in [3.63, 3.8) is 0 Å². The minimum Gasteiger partial charge on any atom is -0.490 e. The molecule has 0 spiro atoms. The third kappa shape index (κ3) is 4.33. The molecular weight excluding hydrogens is 332 g/mol. The van der Waals surface area contributed by atoms with Gasteiger partial charge in [-0.3, -0.25) is 9.59 Å². The van der Waals surface area contributed by atoms with Crippen molar-refractivity contribution in [2.75, 3.05) is 19.7 Å². The van der Waals surface area contributed by atoms with Gasteiger partial charge in [0, 0.05) is 24.7 Å². The van der Waals surface area contributed by atoms with Crippen LogP contribution in [0.1, 0.15) is 33.8 Å². The maximum Gasteiger partial charge on any atom is 0.289 e. The third-order valence-corrected chi connectivity index (χ3v) is 4.33. The van der Waals surface area contributed by atoms with E-state index in [1.807, 2.05) is 0 Å². The Morgan fingerprint density at radius 3 is 2.58 bits per heavy atom. The lowest BCUT2D eigenvalue weighted by Crippen LogP contribution is -2.46. The molecular formula is C20H22N2O4. The Kier molecular flexibility index (Phi) is 5.73. The van der Waals surface area contributed by atoms with Crippen LogP contribution in [0.4, 0.5) is 0 Å². The van der Waals surface area contributed by atoms with Crippen LogP contribution in [0.15, 0.2) is 59.7 Å². The zero-order chi connectivity index (χ0) is 18.4. The lowest BCUT2D eigenvalue weighted by molar-refractivity contribution is 0.0667. The van der Waals surface area contributed by atoms with E-state index in [9.17, 15) is 9.59 Å². The van der Waals surface area contributed by atoms with Crippen molar-refractivity contribution in [3.05, 3.63) is 66.6 Å². The van der Waals surface area contributed by atoms with Gasteiger partial charge in [0.05, 0.1) is 6.26 Å². The second kappa shape index (κ2) is 8.38. The van der Waals surface area contributed by atoms with Crippen molar-refractivity contribution in [1.29, 1.82) is 0 Å². The normalized spacial score (nSPS) is 14.7. The summed E-state index contributed by atoms with van der Waals surface area (Å²) in [6.45, 7) is 5.22. The minimum atomic E-state index is -0.115. The summed E-state index contributed by atoms with van der Waals surface area (Å²) in [6.07, 6.45) is 4.61. The molecule has 3 rings (SSSR count). The van der Waals surface area contributed by atoms with E-state index < -0.39 is 0 Å². The number of hydrogen-bond acceptors (Lipinski definition) is 4. The number of furan rings is 1. The Morgan fingerprint density at radius 1 is 1.23 bits per heavy atom. The zero-order valence-corrected chi connectivity index (χ0v) is 14.5. The second-order valence-electron chi connectivity index (χ2n) is 6.14. The highest BCUT2D eigenvalue weighted by molar-refractivity contribution is 5.94. The fourth-order valence-corrected chi connectivity index (χ4v) is 2.91. The molecule has 1 aromatic heterocycles. The van der Waals surface area contributed by atoms with Crippen molar-refractivity contribution in [1.82, 2.24) is 10.2 Å². The summed E-state index contributed by atoms with van der Waals surface area (Å²) in [5.74, 6) is 0.836. The van der Waals surface area contributed by atoms with E-state index in [1.54, 1.807) is 47.4 Å². The smallest absolute Gasteiger partial charge is 0.289 e. The molecule has 0 aliphatic carbocycles. The van der Waals surface area contributed by atoms with Gasteiger partial charge in [-0.15, -0.1) is 0 Å². The highest BCUT2D eigenvalue weighted by Gasteiger charge is 2.26. The fraction of sp³-hybridized carbons (Fsp3) is 0.300. The van der Waals surface area contributed by atoms with Crippen LogP contribution < -0.4 is 10.1 Å². The highest BCUT2D eigenvalue weighted by atomic mass is 16.5. The molecule has 1 saturated heterocycles. The molecule has 26 heavy (non-hydrogen) atoms. The maximum atomic E-state index is 12.4. The van der Waals surface area contributed by atoms with Crippen LogP contribution in [0.5, 0.6) is 5.75 Å². The first-order chi connectivity index (χ1) is 12.7. The Balaban J connectivity index is 1.48. The van der Waals surface area contributed by atoms with Crippen LogP contribution in [-0.4, -0.2) is 42.5 Å². The summed E-state index contributed by atoms with van der Waals surface area (Å²) >= 11 is 0. The molecule has 6 nitrogen and oxygen atoms in total. The maximum absolute atomic E-state index is 12.4. The van der Waals surface area contributed by atoms with Gasteiger partial charge in [-0.1, -0.05) is 12.7 Å². The van der Waals surface area contributed by atoms with Crippen LogP contribution in [0.25, 0.3) is 0 Å². The molecule has 1 N–H and O–H groups in total. The molecule has 0 saturated carbocycles. The van der Waals surface area contributed by atoms with Crippen LogP contribution in [-0.2, 0) is 0 Å². The van der Waals surface area contributed by atoms with E-state index in [4.69, 9.17) is 9.15 Å². The van der Waals surface area contributed by atoms with E-state index in [0.717, 1.165) is 12.8 Å². The Bertz CT molecular complexity index is 745. The summed E-state index contributed by atoms with van der Waals surface area (Å²) in [5.41, 5.74) is 0.588. The predicted molar refractivity (Wildman–Crippen MR) is 97.2 cm³/mol. The zero-order valence-electron chi connectivity index (χ0n) is 14.5. The van der Waals surface area contributed by atoms with Crippen molar-refractivity contribution in [3.8, 4) is 5.75 Å². The Morgan fingerprint density at radius 2 is 1.96 bits per heavy atom. The van der Waals surface area contributed by atoms with E-state index in [2.05, 4.69) is 11.9 Å². The first-order valence-corrected chi connectivity index (χ1v) is 8.65. The molecule has 0 atom stereocenters. The van der Waals surface area contributed by atoms with Gasteiger partial charge in [-0.2, -0.15) is 0 Å². The summed E-state index contributed by atoms with van der Waals surface area (Å²) < 4.78 is 10.6. The Hall–Kier alpha value is -3.02. The number of carbonyl (C=O) groups is 2. The molecule has 6 heteroatoms. The van der Waals surface area contributed by atoms with Crippen molar-refractivity contribution >= 4 is 11.8 Å². The van der Waals surface area contributed by atoms with Crippen molar-refractivity contribution in [2.24, 2.45) is 0 Å². The second-order valence-corrected chi connectivity index (χ2v) is 6.14. The van der Waals surface area contributed by atoms with Gasteiger partial charge in [0.25, 0.3) is 11.8 Å². The molecule has 0 radical (unpaired) electrons. The molecule has 1 aromatic carbocycles. The molecule has 1 aliphatic heterocycles. The summed E-state index contributed by atoms with van der Waals surface area (Å²) in [7, 11) is 0. The SMILES string of the molecule is C=CCOc1ccc(C(=O)NC2CCN(C(=O)c3ccco3)CC2)cc1. The Labute approximate surface area is 152 Å². The van der Waals surface area contributed by atoms with Gasteiger partial charge >= 0.3 is 0 Å². The molecule has 2 heterocycles. The number of amides is 2. The lowest BCUT2D eigenvalue weighted by atomic mass is 10.0. The first kappa shape index (κ1) is 17.8. The quantitative estimate of drug-likeness (QED) is 0.810. The monoisotopic (exact) mass is 354 g/mol. The van der Waals surface area contributed by atoms with E-state index in [-0.39, 0.29) is 17.9 Å². The number of carbonyl (C=O) groups excluding carboxylic acids is 2. The van der Waals surface area contributed by atoms with E-state index in [0.29, 0.717) is 36.8 Å². The summed E-state index contributed by atoms with van der Waals surface area (Å²) in [4.78, 5) is 26.4. The van der Waals surface area contributed by atoms with Gasteiger partial charge in [0.1, 0.15) is 12.4 Å². The van der Waals surface area contributed by atoms with Crippen molar-refractivity contribution < 1.29 is 18.7 Å². The number of nitrogens with zero attached hydrogens (tertiary/aromatic N) is 1. The number of hydrogen-bond donors (Lipinski definition) is 1. The number of benzene rings is 1. The minimum absolute atomic E-state index is 0.0554. The average molecular weight is 354 g/mol. The molecule has 1 aliphatic rings. The van der Waals surface area contributed by atoms with Crippen LogP contribution in [0, 0.1) is 0 Å². The highest BCUT2D eigenvalue weighted by Crippen LogP contribution is 2.16. The topological polar surface area (TPSA) is 71.8 Å². The number of ether oxygens (including phenoxy) is 1. The number of nitrogens with one attached hydrogen (secondary N) is 1. The van der Waals surface area contributed by atoms with E-state index in [1.165, 1.54) is 6.26 Å². The van der Waals surface area contributed by atoms with Gasteiger partial charge in [0.2, 0.25) is 0 Å². The molecule has 1 fully saturated rings. The average Bonchev–Trinajstić information content (AvgIpc) is 3.21. The van der Waals surface area contributed by atoms with Crippen molar-refractivity contribution in [2.45, 2.75) is 18.9 Å². The standard InChI is InChI=1S/C20H22N2O4/c1-2-13-25-17-7-5-15(6-8-17)19(23)21-16-9-11-22(12-10-16)20(24)18-4-3-14-26-18/h2-8,14,16H,1,9-13H2,(H,21,23). The van der Waals surface area contributed by atoms with Crippen LogP contribution >= 0.6 is 0 Å². The number of likely N-dealkylation sites (tertiary alicyclic amines) is 1.